The quantitative estimate of drug-likeness (QED) is 0.640. The molecule has 0 radical (unpaired) electrons. The molecule has 1 fully saturated rings. The van der Waals surface area contributed by atoms with Crippen molar-refractivity contribution < 1.29 is 9.66 Å². The number of likely N-dealkylation sites (tertiary alicyclic amines) is 1. The van der Waals surface area contributed by atoms with E-state index in [1.807, 2.05) is 0 Å². The summed E-state index contributed by atoms with van der Waals surface area (Å²) in [6, 6.07) is 5.45. The number of nitro groups is 1. The lowest BCUT2D eigenvalue weighted by molar-refractivity contribution is -0.384. The molecular formula is C14H21N3O3. The minimum atomic E-state index is -0.401. The predicted octanol–water partition coefficient (Wildman–Crippen LogP) is 2.50. The monoisotopic (exact) mass is 279 g/mol. The highest BCUT2D eigenvalue weighted by atomic mass is 16.6. The molecule has 1 N–H and O–H groups in total. The van der Waals surface area contributed by atoms with Gasteiger partial charge in [-0.05, 0) is 45.0 Å². The van der Waals surface area contributed by atoms with E-state index in [0.29, 0.717) is 18.3 Å². The van der Waals surface area contributed by atoms with Crippen molar-refractivity contribution in [3.63, 3.8) is 0 Å². The largest absolute Gasteiger partial charge is 0.490 e. The Kier molecular flexibility index (Phi) is 4.79. The first kappa shape index (κ1) is 14.6. The lowest BCUT2D eigenvalue weighted by atomic mass is 10.2. The smallest absolute Gasteiger partial charge is 0.333 e. The second-order valence-electron chi connectivity index (χ2n) is 5.09. The van der Waals surface area contributed by atoms with Crippen LogP contribution in [-0.4, -0.2) is 42.6 Å². The highest BCUT2D eigenvalue weighted by Gasteiger charge is 2.22. The van der Waals surface area contributed by atoms with Crippen LogP contribution in [0.2, 0.25) is 0 Å². The van der Waals surface area contributed by atoms with Crippen LogP contribution >= 0.6 is 0 Å². The average molecular weight is 279 g/mol. The molecule has 1 aliphatic rings. The number of hydrogen-bond donors (Lipinski definition) is 1. The maximum Gasteiger partial charge on any atom is 0.333 e. The first-order chi connectivity index (χ1) is 9.63. The van der Waals surface area contributed by atoms with Crippen LogP contribution in [0.25, 0.3) is 0 Å². The SMILES string of the molecule is COc1cccc(NCC(C)N2CCCC2)c1[N+](=O)[O-]. The van der Waals surface area contributed by atoms with Gasteiger partial charge in [0.05, 0.1) is 12.0 Å². The molecule has 0 bridgehead atoms. The van der Waals surface area contributed by atoms with Crippen molar-refractivity contribution in [2.24, 2.45) is 0 Å². The molecule has 1 aromatic rings. The molecule has 6 nitrogen and oxygen atoms in total. The Labute approximate surface area is 118 Å². The summed E-state index contributed by atoms with van der Waals surface area (Å²) in [7, 11) is 1.44. The van der Waals surface area contributed by atoms with Crippen LogP contribution in [0.1, 0.15) is 19.8 Å². The summed E-state index contributed by atoms with van der Waals surface area (Å²) < 4.78 is 5.06. The zero-order chi connectivity index (χ0) is 14.5. The van der Waals surface area contributed by atoms with Crippen LogP contribution in [0.5, 0.6) is 5.75 Å². The predicted molar refractivity (Wildman–Crippen MR) is 78.4 cm³/mol. The topological polar surface area (TPSA) is 67.6 Å². The summed E-state index contributed by atoms with van der Waals surface area (Å²) in [4.78, 5) is 13.2. The van der Waals surface area contributed by atoms with E-state index in [-0.39, 0.29) is 11.4 Å². The van der Waals surface area contributed by atoms with Crippen molar-refractivity contribution in [3.05, 3.63) is 28.3 Å². The van der Waals surface area contributed by atoms with E-state index in [9.17, 15) is 10.1 Å². The van der Waals surface area contributed by atoms with Crippen LogP contribution in [0.4, 0.5) is 11.4 Å². The first-order valence-electron chi connectivity index (χ1n) is 6.92. The van der Waals surface area contributed by atoms with Gasteiger partial charge in [0.2, 0.25) is 0 Å². The number of anilines is 1. The first-order valence-corrected chi connectivity index (χ1v) is 6.92. The molecule has 110 valence electrons. The number of para-hydroxylation sites is 1. The van der Waals surface area contributed by atoms with E-state index in [1.165, 1.54) is 20.0 Å². The van der Waals surface area contributed by atoms with Gasteiger partial charge in [-0.25, -0.2) is 0 Å². The van der Waals surface area contributed by atoms with E-state index in [2.05, 4.69) is 17.1 Å². The normalized spacial score (nSPS) is 16.9. The summed E-state index contributed by atoms with van der Waals surface area (Å²) in [5, 5.41) is 14.4. The Morgan fingerprint density at radius 1 is 1.45 bits per heavy atom. The number of hydrogen-bond acceptors (Lipinski definition) is 5. The molecule has 2 rings (SSSR count). The van der Waals surface area contributed by atoms with Crippen LogP contribution in [0.15, 0.2) is 18.2 Å². The Morgan fingerprint density at radius 3 is 2.75 bits per heavy atom. The molecule has 0 aromatic heterocycles. The minimum absolute atomic E-state index is 0.00335. The minimum Gasteiger partial charge on any atom is -0.490 e. The van der Waals surface area contributed by atoms with E-state index in [0.717, 1.165) is 13.1 Å². The van der Waals surface area contributed by atoms with Crippen molar-refractivity contribution in [2.75, 3.05) is 32.1 Å². The number of rotatable bonds is 6. The Balaban J connectivity index is 2.06. The van der Waals surface area contributed by atoms with Gasteiger partial charge in [-0.3, -0.25) is 15.0 Å². The van der Waals surface area contributed by atoms with Crippen LogP contribution in [0.3, 0.4) is 0 Å². The standard InChI is InChI=1S/C14H21N3O3/c1-11(16-8-3-4-9-16)10-15-12-6-5-7-13(20-2)14(12)17(18)19/h5-7,11,15H,3-4,8-10H2,1-2H3. The molecule has 1 aliphatic heterocycles. The average Bonchev–Trinajstić information content (AvgIpc) is 2.98. The zero-order valence-corrected chi connectivity index (χ0v) is 12.0. The number of nitro benzene ring substituents is 1. The fourth-order valence-corrected chi connectivity index (χ4v) is 2.59. The summed E-state index contributed by atoms with van der Waals surface area (Å²) >= 11 is 0. The van der Waals surface area contributed by atoms with Gasteiger partial charge in [-0.1, -0.05) is 6.07 Å². The van der Waals surface area contributed by atoms with Crippen molar-refractivity contribution in [2.45, 2.75) is 25.8 Å². The fraction of sp³-hybridized carbons (Fsp3) is 0.571. The van der Waals surface area contributed by atoms with Gasteiger partial charge in [0, 0.05) is 12.6 Å². The molecule has 1 saturated heterocycles. The van der Waals surface area contributed by atoms with Gasteiger partial charge in [-0.2, -0.15) is 0 Å². The van der Waals surface area contributed by atoms with Crippen LogP contribution in [0, 0.1) is 10.1 Å². The van der Waals surface area contributed by atoms with E-state index in [1.54, 1.807) is 18.2 Å². The number of benzene rings is 1. The number of nitrogens with one attached hydrogen (secondary N) is 1. The molecule has 1 unspecified atom stereocenters. The summed E-state index contributed by atoms with van der Waals surface area (Å²) in [6.07, 6.45) is 2.48. The molecule has 6 heteroatoms. The Bertz CT molecular complexity index is 473. The molecular weight excluding hydrogens is 258 g/mol. The number of ether oxygens (including phenoxy) is 1. The van der Waals surface area contributed by atoms with Gasteiger partial charge in [-0.15, -0.1) is 0 Å². The lowest BCUT2D eigenvalue weighted by Gasteiger charge is -2.24. The Morgan fingerprint density at radius 2 is 2.15 bits per heavy atom. The summed E-state index contributed by atoms with van der Waals surface area (Å²) in [5.41, 5.74) is 0.518. The van der Waals surface area contributed by atoms with Gasteiger partial charge >= 0.3 is 5.69 Å². The maximum atomic E-state index is 11.2. The Hall–Kier alpha value is -1.82. The second-order valence-corrected chi connectivity index (χ2v) is 5.09. The summed E-state index contributed by atoms with van der Waals surface area (Å²) in [5.74, 6) is 0.286. The molecule has 1 atom stereocenters. The number of methoxy groups -OCH3 is 1. The van der Waals surface area contributed by atoms with Gasteiger partial charge in [0.15, 0.2) is 5.75 Å². The highest BCUT2D eigenvalue weighted by molar-refractivity contribution is 5.68. The molecule has 0 spiro atoms. The third kappa shape index (κ3) is 3.19. The number of nitrogens with zero attached hydrogens (tertiary/aromatic N) is 2. The van der Waals surface area contributed by atoms with Crippen molar-refractivity contribution in [1.29, 1.82) is 0 Å². The fourth-order valence-electron chi connectivity index (χ4n) is 2.59. The molecule has 20 heavy (non-hydrogen) atoms. The van der Waals surface area contributed by atoms with Gasteiger partial charge in [0.25, 0.3) is 0 Å². The van der Waals surface area contributed by atoms with Crippen LogP contribution < -0.4 is 10.1 Å². The summed E-state index contributed by atoms with van der Waals surface area (Å²) in [6.45, 7) is 5.06. The highest BCUT2D eigenvalue weighted by Crippen LogP contribution is 2.34. The molecule has 0 saturated carbocycles. The molecule has 0 amide bonds. The molecule has 1 heterocycles. The lowest BCUT2D eigenvalue weighted by Crippen LogP contribution is -2.35. The third-order valence-electron chi connectivity index (χ3n) is 3.75. The van der Waals surface area contributed by atoms with Crippen molar-refractivity contribution >= 4 is 11.4 Å². The zero-order valence-electron chi connectivity index (χ0n) is 12.0. The second kappa shape index (κ2) is 6.56. The molecule has 1 aromatic carbocycles. The van der Waals surface area contributed by atoms with Crippen LogP contribution in [-0.2, 0) is 0 Å². The van der Waals surface area contributed by atoms with E-state index < -0.39 is 4.92 Å². The maximum absolute atomic E-state index is 11.2. The van der Waals surface area contributed by atoms with Crippen molar-refractivity contribution in [1.82, 2.24) is 4.90 Å². The van der Waals surface area contributed by atoms with Gasteiger partial charge in [0.1, 0.15) is 5.69 Å². The molecule has 0 aliphatic carbocycles. The third-order valence-corrected chi connectivity index (χ3v) is 3.75. The van der Waals surface area contributed by atoms with Crippen molar-refractivity contribution in [3.8, 4) is 5.75 Å². The van der Waals surface area contributed by atoms with E-state index >= 15 is 0 Å². The van der Waals surface area contributed by atoms with E-state index in [4.69, 9.17) is 4.74 Å². The van der Waals surface area contributed by atoms with Gasteiger partial charge < -0.3 is 10.1 Å².